The van der Waals surface area contributed by atoms with Crippen LogP contribution in [0.15, 0.2) is 30.3 Å². The number of carbonyl (C=O) groups is 1. The van der Waals surface area contributed by atoms with E-state index in [4.69, 9.17) is 0 Å². The average Bonchev–Trinajstić information content (AvgIpc) is 2.30. The van der Waals surface area contributed by atoms with E-state index in [0.717, 1.165) is 12.1 Å². The molecule has 0 aliphatic rings. The van der Waals surface area contributed by atoms with E-state index in [1.807, 2.05) is 0 Å². The van der Waals surface area contributed by atoms with Crippen molar-refractivity contribution in [1.82, 2.24) is 0 Å². The maximum absolute atomic E-state index is 13.6. The van der Waals surface area contributed by atoms with E-state index >= 15 is 0 Å². The predicted octanol–water partition coefficient (Wildman–Crippen LogP) is 2.53. The van der Waals surface area contributed by atoms with Crippen molar-refractivity contribution in [2.24, 2.45) is 0 Å². The van der Waals surface area contributed by atoms with Gasteiger partial charge in [0.05, 0.1) is 6.61 Å². The van der Waals surface area contributed by atoms with Gasteiger partial charge in [-0.05, 0) is 0 Å². The van der Waals surface area contributed by atoms with E-state index < -0.39 is 25.4 Å². The lowest BCUT2D eigenvalue weighted by Crippen LogP contribution is -2.16. The van der Waals surface area contributed by atoms with Crippen molar-refractivity contribution < 1.29 is 27.6 Å². The average molecular weight is 264 g/mol. The summed E-state index contributed by atoms with van der Waals surface area (Å²) < 4.78 is 42.9. The molecule has 1 rings (SSSR count). The summed E-state index contributed by atoms with van der Waals surface area (Å²) in [5.74, 6) is 0. The van der Waals surface area contributed by atoms with Crippen LogP contribution in [0.25, 0.3) is 0 Å². The van der Waals surface area contributed by atoms with Crippen molar-refractivity contribution in [3.63, 3.8) is 0 Å². The third kappa shape index (κ3) is 3.19. The number of carbonyl (C=O) groups excluding carboxylic acids is 1. The van der Waals surface area contributed by atoms with Crippen LogP contribution in [-0.4, -0.2) is 17.8 Å². The summed E-state index contributed by atoms with van der Waals surface area (Å²) in [6, 6.07) is 6.23. The highest BCUT2D eigenvalue weighted by Crippen LogP contribution is 2.63. The largest absolute Gasteiger partial charge is 0.401 e. The molecule has 4 nitrogen and oxygen atoms in total. The van der Waals surface area contributed by atoms with Crippen LogP contribution < -0.4 is 0 Å². The van der Waals surface area contributed by atoms with Crippen LogP contribution in [0.5, 0.6) is 0 Å². The summed E-state index contributed by atoms with van der Waals surface area (Å²) in [4.78, 5) is 19.2. The Balaban J connectivity index is 2.88. The fraction of sp³-hybridized carbons (Fsp3) is 0.300. The van der Waals surface area contributed by atoms with Gasteiger partial charge in [-0.2, -0.15) is 8.78 Å². The molecule has 1 atom stereocenters. The quantitative estimate of drug-likeness (QED) is 0.487. The van der Waals surface area contributed by atoms with E-state index in [1.165, 1.54) is 18.2 Å². The highest BCUT2D eigenvalue weighted by atomic mass is 31.2. The van der Waals surface area contributed by atoms with E-state index in [0.29, 0.717) is 6.29 Å². The molecule has 0 heterocycles. The lowest BCUT2D eigenvalue weighted by Gasteiger charge is -2.21. The van der Waals surface area contributed by atoms with Gasteiger partial charge in [0.15, 0.2) is 0 Å². The SMILES string of the molecule is O=CCCOP(=O)(O)C(F)(F)c1ccccc1. The minimum atomic E-state index is -5.14. The van der Waals surface area contributed by atoms with Crippen molar-refractivity contribution in [1.29, 1.82) is 0 Å². The summed E-state index contributed by atoms with van der Waals surface area (Å²) in [7, 11) is -5.14. The first-order chi connectivity index (χ1) is 7.92. The van der Waals surface area contributed by atoms with Gasteiger partial charge in [-0.1, -0.05) is 30.3 Å². The fourth-order valence-electron chi connectivity index (χ4n) is 1.11. The molecule has 0 aliphatic heterocycles. The highest BCUT2D eigenvalue weighted by Gasteiger charge is 2.52. The Bertz CT molecular complexity index is 422. The second-order valence-corrected chi connectivity index (χ2v) is 5.08. The minimum Gasteiger partial charge on any atom is -0.320 e. The molecular formula is C10H11F2O4P. The third-order valence-electron chi connectivity index (χ3n) is 1.98. The van der Waals surface area contributed by atoms with Crippen molar-refractivity contribution >= 4 is 13.9 Å². The van der Waals surface area contributed by atoms with Crippen LogP contribution in [0.1, 0.15) is 12.0 Å². The minimum absolute atomic E-state index is 0.213. The van der Waals surface area contributed by atoms with Gasteiger partial charge >= 0.3 is 13.3 Å². The molecule has 1 aromatic carbocycles. The molecule has 17 heavy (non-hydrogen) atoms. The van der Waals surface area contributed by atoms with Gasteiger partial charge in [-0.3, -0.25) is 4.57 Å². The Kier molecular flexibility index (Phi) is 4.51. The Hall–Kier alpha value is -1.10. The molecular weight excluding hydrogens is 253 g/mol. The van der Waals surface area contributed by atoms with Gasteiger partial charge in [-0.15, -0.1) is 0 Å². The van der Waals surface area contributed by atoms with Crippen LogP contribution in [0.4, 0.5) is 8.78 Å². The summed E-state index contributed by atoms with van der Waals surface area (Å²) in [5.41, 5.74) is -4.59. The van der Waals surface area contributed by atoms with Crippen molar-refractivity contribution in [2.75, 3.05) is 6.61 Å². The summed E-state index contributed by atoms with van der Waals surface area (Å²) >= 11 is 0. The lowest BCUT2D eigenvalue weighted by molar-refractivity contribution is -0.108. The van der Waals surface area contributed by atoms with Crippen molar-refractivity contribution in [3.05, 3.63) is 35.9 Å². The molecule has 1 N–H and O–H groups in total. The highest BCUT2D eigenvalue weighted by molar-refractivity contribution is 7.53. The molecule has 0 saturated carbocycles. The second-order valence-electron chi connectivity index (χ2n) is 3.22. The Morgan fingerprint density at radius 3 is 2.47 bits per heavy atom. The Morgan fingerprint density at radius 2 is 1.94 bits per heavy atom. The molecule has 0 radical (unpaired) electrons. The molecule has 0 aliphatic carbocycles. The third-order valence-corrected chi connectivity index (χ3v) is 3.48. The summed E-state index contributed by atoms with van der Waals surface area (Å²) in [5, 5.41) is 0. The van der Waals surface area contributed by atoms with E-state index in [2.05, 4.69) is 4.52 Å². The first-order valence-electron chi connectivity index (χ1n) is 4.76. The molecule has 1 aromatic rings. The van der Waals surface area contributed by atoms with Gasteiger partial charge < -0.3 is 14.2 Å². The zero-order valence-electron chi connectivity index (χ0n) is 8.75. The lowest BCUT2D eigenvalue weighted by atomic mass is 10.2. The molecule has 0 aromatic heterocycles. The maximum atomic E-state index is 13.6. The van der Waals surface area contributed by atoms with E-state index in [1.54, 1.807) is 0 Å². The molecule has 1 unspecified atom stereocenters. The normalized spacial score (nSPS) is 15.2. The number of rotatable bonds is 6. The predicted molar refractivity (Wildman–Crippen MR) is 56.8 cm³/mol. The zero-order chi connectivity index (χ0) is 12.9. The molecule has 7 heteroatoms. The summed E-state index contributed by atoms with van der Waals surface area (Å²) in [6.45, 7) is -0.514. The number of hydrogen-bond acceptors (Lipinski definition) is 3. The van der Waals surface area contributed by atoms with Crippen LogP contribution >= 0.6 is 7.60 Å². The smallest absolute Gasteiger partial charge is 0.320 e. The van der Waals surface area contributed by atoms with Gasteiger partial charge in [-0.25, -0.2) is 0 Å². The van der Waals surface area contributed by atoms with Gasteiger partial charge in [0.1, 0.15) is 6.29 Å². The van der Waals surface area contributed by atoms with Crippen molar-refractivity contribution in [3.8, 4) is 0 Å². The monoisotopic (exact) mass is 264 g/mol. The summed E-state index contributed by atoms with van der Waals surface area (Å²) in [6.07, 6.45) is 0.204. The molecule has 0 bridgehead atoms. The van der Waals surface area contributed by atoms with Gasteiger partial charge in [0.25, 0.3) is 0 Å². The van der Waals surface area contributed by atoms with Crippen molar-refractivity contribution in [2.45, 2.75) is 12.1 Å². The standard InChI is InChI=1S/C10H11F2O4P/c11-10(12,9-5-2-1-3-6-9)17(14,15)16-8-4-7-13/h1-3,5-7H,4,8H2,(H,14,15). The van der Waals surface area contributed by atoms with Crippen LogP contribution in [0.3, 0.4) is 0 Å². The molecule has 0 amide bonds. The van der Waals surface area contributed by atoms with E-state index in [9.17, 15) is 23.0 Å². The number of aldehydes is 1. The molecule has 94 valence electrons. The Morgan fingerprint density at radius 1 is 1.35 bits per heavy atom. The fourth-order valence-corrected chi connectivity index (χ4v) is 2.10. The van der Waals surface area contributed by atoms with Gasteiger partial charge in [0.2, 0.25) is 0 Å². The van der Waals surface area contributed by atoms with E-state index in [-0.39, 0.29) is 6.42 Å². The second kappa shape index (κ2) is 5.49. The van der Waals surface area contributed by atoms with Crippen LogP contribution in [-0.2, 0) is 19.5 Å². The maximum Gasteiger partial charge on any atom is 0.401 e. The number of halogens is 2. The Labute approximate surface area is 96.8 Å². The van der Waals surface area contributed by atoms with Gasteiger partial charge in [0, 0.05) is 12.0 Å². The van der Waals surface area contributed by atoms with Crippen LogP contribution in [0, 0.1) is 0 Å². The topological polar surface area (TPSA) is 63.6 Å². The first-order valence-corrected chi connectivity index (χ1v) is 6.34. The number of benzene rings is 1. The molecule has 0 spiro atoms. The number of alkyl halides is 2. The zero-order valence-corrected chi connectivity index (χ0v) is 9.65. The number of hydrogen-bond donors (Lipinski definition) is 1. The van der Waals surface area contributed by atoms with Crippen LogP contribution in [0.2, 0.25) is 0 Å². The molecule has 0 saturated heterocycles. The molecule has 0 fully saturated rings. The first kappa shape index (κ1) is 14.0.